The zero-order chi connectivity index (χ0) is 12.3. The summed E-state index contributed by atoms with van der Waals surface area (Å²) in [6.45, 7) is 0. The van der Waals surface area contributed by atoms with Crippen LogP contribution < -0.4 is 16.6 Å². The van der Waals surface area contributed by atoms with Crippen molar-refractivity contribution < 1.29 is 0 Å². The minimum Gasteiger partial charge on any atom is -0.337 e. The van der Waals surface area contributed by atoms with Crippen molar-refractivity contribution in [3.8, 4) is 0 Å². The fraction of sp³-hybridized carbons (Fsp3) is 0.222. The quantitative estimate of drug-likeness (QED) is 0.322. The molecule has 7 nitrogen and oxygen atoms in total. The summed E-state index contributed by atoms with van der Waals surface area (Å²) >= 11 is 1.45. The third kappa shape index (κ3) is 2.86. The lowest BCUT2D eigenvalue weighted by Crippen LogP contribution is -2.10. The highest BCUT2D eigenvalue weighted by molar-refractivity contribution is 7.98. The van der Waals surface area contributed by atoms with Crippen LogP contribution in [-0.2, 0) is 7.05 Å². The van der Waals surface area contributed by atoms with E-state index in [9.17, 15) is 0 Å². The molecule has 0 fully saturated rings. The number of nitrogens with two attached hydrogens (primary N) is 1. The normalized spacial score (nSPS) is 10.3. The van der Waals surface area contributed by atoms with Crippen molar-refractivity contribution in [3.63, 3.8) is 0 Å². The smallest absolute Gasteiger partial charge is 0.191 e. The number of nitrogens with zero attached hydrogens (tertiary/aromatic N) is 4. The largest absolute Gasteiger partial charge is 0.337 e. The number of nitrogen functional groups attached to an aromatic ring is 1. The van der Waals surface area contributed by atoms with Crippen LogP contribution in [0.25, 0.3) is 0 Å². The predicted octanol–water partition coefficient (Wildman–Crippen LogP) is 0.961. The molecular weight excluding hydrogens is 238 g/mol. The minimum atomic E-state index is 0.566. The molecule has 90 valence electrons. The van der Waals surface area contributed by atoms with Crippen molar-refractivity contribution in [1.29, 1.82) is 0 Å². The van der Waals surface area contributed by atoms with E-state index in [1.165, 1.54) is 11.8 Å². The second-order valence-corrected chi connectivity index (χ2v) is 4.07. The first-order chi connectivity index (χ1) is 8.21. The Morgan fingerprint density at radius 1 is 1.35 bits per heavy atom. The minimum absolute atomic E-state index is 0.566. The van der Waals surface area contributed by atoms with Crippen LogP contribution in [0.1, 0.15) is 0 Å². The summed E-state index contributed by atoms with van der Waals surface area (Å²) in [6.07, 6.45) is 5.48. The van der Waals surface area contributed by atoms with Crippen LogP contribution in [0.2, 0.25) is 0 Å². The SMILES string of the molecule is CSc1nc(NN)cc(Nc2cnn(C)c2)n1. The number of hydrogen-bond acceptors (Lipinski definition) is 7. The summed E-state index contributed by atoms with van der Waals surface area (Å²) in [5, 5.41) is 7.84. The second-order valence-electron chi connectivity index (χ2n) is 3.30. The number of rotatable bonds is 4. The van der Waals surface area contributed by atoms with E-state index >= 15 is 0 Å². The van der Waals surface area contributed by atoms with E-state index in [0.29, 0.717) is 16.8 Å². The first-order valence-electron chi connectivity index (χ1n) is 4.86. The Labute approximate surface area is 103 Å². The average molecular weight is 251 g/mol. The summed E-state index contributed by atoms with van der Waals surface area (Å²) in [5.41, 5.74) is 3.37. The van der Waals surface area contributed by atoms with Crippen LogP contribution in [0.3, 0.4) is 0 Å². The van der Waals surface area contributed by atoms with Gasteiger partial charge >= 0.3 is 0 Å². The summed E-state index contributed by atoms with van der Waals surface area (Å²) in [7, 11) is 1.85. The number of aryl methyl sites for hydroxylation is 1. The average Bonchev–Trinajstić information content (AvgIpc) is 2.74. The molecule has 0 aliphatic rings. The lowest BCUT2D eigenvalue weighted by molar-refractivity contribution is 0.768. The molecule has 2 aromatic rings. The standard InChI is InChI=1S/C9H13N7S/c1-16-5-6(4-11-16)12-7-3-8(15-10)14-9(13-7)17-2/h3-5H,10H2,1-2H3,(H2,12,13,14,15). The van der Waals surface area contributed by atoms with Gasteiger partial charge in [-0.25, -0.2) is 15.8 Å². The molecule has 0 radical (unpaired) electrons. The Bertz CT molecular complexity index is 488. The summed E-state index contributed by atoms with van der Waals surface area (Å²) in [6, 6.07) is 1.73. The first-order valence-corrected chi connectivity index (χ1v) is 6.09. The molecule has 2 rings (SSSR count). The Balaban J connectivity index is 2.25. The van der Waals surface area contributed by atoms with Crippen molar-refractivity contribution in [2.45, 2.75) is 5.16 Å². The molecule has 17 heavy (non-hydrogen) atoms. The van der Waals surface area contributed by atoms with Crippen molar-refractivity contribution in [3.05, 3.63) is 18.5 Å². The Morgan fingerprint density at radius 3 is 2.71 bits per heavy atom. The Hall–Kier alpha value is -1.80. The van der Waals surface area contributed by atoms with Gasteiger partial charge in [0.15, 0.2) is 5.16 Å². The topological polar surface area (TPSA) is 93.7 Å². The van der Waals surface area contributed by atoms with Gasteiger partial charge in [0, 0.05) is 19.3 Å². The predicted molar refractivity (Wildman–Crippen MR) is 68.1 cm³/mol. The molecule has 0 aliphatic heterocycles. The molecule has 0 unspecified atom stereocenters. The van der Waals surface area contributed by atoms with Gasteiger partial charge in [0.1, 0.15) is 11.6 Å². The number of aromatic nitrogens is 4. The zero-order valence-electron chi connectivity index (χ0n) is 9.51. The molecule has 2 aromatic heterocycles. The molecule has 0 amide bonds. The molecule has 0 aliphatic carbocycles. The van der Waals surface area contributed by atoms with Gasteiger partial charge < -0.3 is 10.7 Å². The number of hydrazine groups is 1. The molecule has 0 atom stereocenters. The van der Waals surface area contributed by atoms with Crippen LogP contribution in [0.4, 0.5) is 17.3 Å². The molecule has 0 spiro atoms. The molecule has 8 heteroatoms. The van der Waals surface area contributed by atoms with E-state index in [4.69, 9.17) is 5.84 Å². The van der Waals surface area contributed by atoms with E-state index in [-0.39, 0.29) is 0 Å². The highest BCUT2D eigenvalue weighted by atomic mass is 32.2. The van der Waals surface area contributed by atoms with Gasteiger partial charge in [-0.2, -0.15) is 5.10 Å². The zero-order valence-corrected chi connectivity index (χ0v) is 10.3. The Morgan fingerprint density at radius 2 is 2.12 bits per heavy atom. The van der Waals surface area contributed by atoms with Gasteiger partial charge in [-0.15, -0.1) is 0 Å². The third-order valence-corrected chi connectivity index (χ3v) is 2.56. The Kier molecular flexibility index (Phi) is 3.45. The highest BCUT2D eigenvalue weighted by Gasteiger charge is 2.04. The monoisotopic (exact) mass is 251 g/mol. The maximum absolute atomic E-state index is 5.35. The summed E-state index contributed by atoms with van der Waals surface area (Å²) < 4.78 is 1.71. The molecule has 4 N–H and O–H groups in total. The molecule has 2 heterocycles. The summed E-state index contributed by atoms with van der Waals surface area (Å²) in [4.78, 5) is 8.48. The van der Waals surface area contributed by atoms with Crippen LogP contribution in [-0.4, -0.2) is 26.0 Å². The van der Waals surface area contributed by atoms with Crippen LogP contribution >= 0.6 is 11.8 Å². The third-order valence-electron chi connectivity index (χ3n) is 2.01. The van der Waals surface area contributed by atoms with Crippen molar-refractivity contribution in [1.82, 2.24) is 19.7 Å². The molecule has 0 aromatic carbocycles. The van der Waals surface area contributed by atoms with Gasteiger partial charge in [-0.1, -0.05) is 11.8 Å². The van der Waals surface area contributed by atoms with Crippen LogP contribution in [0.5, 0.6) is 0 Å². The maximum atomic E-state index is 5.35. The molecule has 0 saturated heterocycles. The number of anilines is 3. The molecule has 0 bridgehead atoms. The van der Waals surface area contributed by atoms with Crippen molar-refractivity contribution in [2.24, 2.45) is 12.9 Å². The lowest BCUT2D eigenvalue weighted by Gasteiger charge is -2.06. The van der Waals surface area contributed by atoms with E-state index in [2.05, 4.69) is 25.8 Å². The van der Waals surface area contributed by atoms with Gasteiger partial charge in [-0.05, 0) is 6.26 Å². The van der Waals surface area contributed by atoms with Crippen molar-refractivity contribution in [2.75, 3.05) is 17.0 Å². The lowest BCUT2D eigenvalue weighted by atomic mass is 10.5. The van der Waals surface area contributed by atoms with E-state index in [1.54, 1.807) is 16.9 Å². The fourth-order valence-electron chi connectivity index (χ4n) is 1.29. The molecular formula is C9H13N7S. The summed E-state index contributed by atoms with van der Waals surface area (Å²) in [5.74, 6) is 6.58. The second kappa shape index (κ2) is 5.02. The van der Waals surface area contributed by atoms with E-state index in [1.807, 2.05) is 19.5 Å². The fourth-order valence-corrected chi connectivity index (χ4v) is 1.67. The number of hydrogen-bond donors (Lipinski definition) is 3. The first kappa shape index (κ1) is 11.7. The van der Waals surface area contributed by atoms with Gasteiger partial charge in [0.2, 0.25) is 0 Å². The van der Waals surface area contributed by atoms with Gasteiger partial charge in [0.05, 0.1) is 11.9 Å². The van der Waals surface area contributed by atoms with Gasteiger partial charge in [-0.3, -0.25) is 4.68 Å². The highest BCUT2D eigenvalue weighted by Crippen LogP contribution is 2.19. The number of nitrogens with one attached hydrogen (secondary N) is 2. The van der Waals surface area contributed by atoms with Gasteiger partial charge in [0.25, 0.3) is 0 Å². The maximum Gasteiger partial charge on any atom is 0.191 e. The van der Waals surface area contributed by atoms with Crippen molar-refractivity contribution >= 4 is 29.1 Å². The van der Waals surface area contributed by atoms with E-state index < -0.39 is 0 Å². The van der Waals surface area contributed by atoms with Crippen LogP contribution in [0, 0.1) is 0 Å². The number of thioether (sulfide) groups is 1. The molecule has 0 saturated carbocycles. The van der Waals surface area contributed by atoms with E-state index in [0.717, 1.165) is 5.69 Å². The van der Waals surface area contributed by atoms with Crippen LogP contribution in [0.15, 0.2) is 23.6 Å².